The van der Waals surface area contributed by atoms with Gasteiger partial charge in [0, 0.05) is 24.3 Å². The van der Waals surface area contributed by atoms with Crippen LogP contribution in [0.5, 0.6) is 5.75 Å². The van der Waals surface area contributed by atoms with Gasteiger partial charge in [-0.25, -0.2) is 4.98 Å². The molecule has 1 aromatic heterocycles. The van der Waals surface area contributed by atoms with Crippen molar-refractivity contribution in [2.75, 3.05) is 36.5 Å². The van der Waals surface area contributed by atoms with Gasteiger partial charge in [-0.2, -0.15) is 0 Å². The van der Waals surface area contributed by atoms with Gasteiger partial charge in [0.1, 0.15) is 12.4 Å². The fourth-order valence-corrected chi connectivity index (χ4v) is 4.89. The summed E-state index contributed by atoms with van der Waals surface area (Å²) in [4.78, 5) is 19.5. The minimum absolute atomic E-state index is 0.201. The molecule has 35 heavy (non-hydrogen) atoms. The average molecular weight is 505 g/mol. The van der Waals surface area contributed by atoms with Crippen LogP contribution in [-0.2, 0) is 11.3 Å². The number of hydrogen-bond acceptors (Lipinski definition) is 7. The molecule has 0 saturated carbocycles. The Labute approximate surface area is 212 Å². The largest absolute Gasteiger partial charge is 0.489 e. The number of thiazole rings is 1. The van der Waals surface area contributed by atoms with Crippen molar-refractivity contribution in [3.8, 4) is 5.75 Å². The van der Waals surface area contributed by atoms with Gasteiger partial charge in [-0.1, -0.05) is 41.7 Å². The van der Waals surface area contributed by atoms with Gasteiger partial charge >= 0.3 is 0 Å². The molecule has 4 aromatic rings. The number of amides is 1. The molecule has 1 aliphatic heterocycles. The standard InChI is InChI=1S/C26H24N4O3S2/c31-24(19-6-9-21(10-7-19)33-17-18-4-2-1-3-5-18)28-25(34)29-26-27-22-11-8-20(16-23(22)35-26)30-12-14-32-15-13-30/h1-11,16H,12-15,17H2,(H2,27,28,29,31,34). The number of rotatable bonds is 6. The minimum atomic E-state index is -0.298. The maximum atomic E-state index is 12.6. The molecular weight excluding hydrogens is 480 g/mol. The zero-order valence-electron chi connectivity index (χ0n) is 18.9. The number of carbonyl (C=O) groups is 1. The second-order valence-electron chi connectivity index (χ2n) is 7.98. The van der Waals surface area contributed by atoms with Crippen molar-refractivity contribution in [2.45, 2.75) is 6.61 Å². The predicted octanol–water partition coefficient (Wildman–Crippen LogP) is 4.84. The zero-order valence-corrected chi connectivity index (χ0v) is 20.5. The van der Waals surface area contributed by atoms with Crippen LogP contribution in [0.15, 0.2) is 72.8 Å². The Morgan fingerprint density at radius 2 is 1.83 bits per heavy atom. The highest BCUT2D eigenvalue weighted by atomic mass is 32.1. The van der Waals surface area contributed by atoms with Crippen LogP contribution >= 0.6 is 23.6 Å². The molecule has 0 atom stereocenters. The number of nitrogens with one attached hydrogen (secondary N) is 2. The molecule has 5 rings (SSSR count). The molecule has 0 radical (unpaired) electrons. The SMILES string of the molecule is O=C(NC(=S)Nc1nc2ccc(N3CCOCC3)cc2s1)c1ccc(OCc2ccccc2)cc1. The number of anilines is 2. The second kappa shape index (κ2) is 10.8. The molecule has 2 N–H and O–H groups in total. The molecule has 2 heterocycles. The van der Waals surface area contributed by atoms with E-state index in [1.165, 1.54) is 11.3 Å². The summed E-state index contributed by atoms with van der Waals surface area (Å²) in [5.74, 6) is 0.393. The Kier molecular flexibility index (Phi) is 7.17. The van der Waals surface area contributed by atoms with E-state index in [4.69, 9.17) is 21.7 Å². The van der Waals surface area contributed by atoms with Crippen LogP contribution in [-0.4, -0.2) is 42.3 Å². The molecule has 0 bridgehead atoms. The number of hydrogen-bond donors (Lipinski definition) is 2. The maximum Gasteiger partial charge on any atom is 0.257 e. The first-order chi connectivity index (χ1) is 17.1. The first-order valence-electron chi connectivity index (χ1n) is 11.3. The second-order valence-corrected chi connectivity index (χ2v) is 9.42. The number of fused-ring (bicyclic) bond motifs is 1. The first-order valence-corrected chi connectivity index (χ1v) is 12.5. The van der Waals surface area contributed by atoms with Gasteiger partial charge in [0.2, 0.25) is 0 Å². The summed E-state index contributed by atoms with van der Waals surface area (Å²) in [6, 6.07) is 23.1. The third kappa shape index (κ3) is 5.94. The van der Waals surface area contributed by atoms with Gasteiger partial charge in [0.15, 0.2) is 10.2 Å². The number of benzene rings is 3. The van der Waals surface area contributed by atoms with Crippen molar-refractivity contribution < 1.29 is 14.3 Å². The highest BCUT2D eigenvalue weighted by Gasteiger charge is 2.14. The lowest BCUT2D eigenvalue weighted by atomic mass is 10.2. The molecule has 0 aliphatic carbocycles. The number of carbonyl (C=O) groups excluding carboxylic acids is 1. The molecule has 1 aliphatic rings. The van der Waals surface area contributed by atoms with Gasteiger partial charge in [-0.15, -0.1) is 0 Å². The molecule has 7 nitrogen and oxygen atoms in total. The van der Waals surface area contributed by atoms with Gasteiger partial charge in [0.25, 0.3) is 5.91 Å². The number of aromatic nitrogens is 1. The van der Waals surface area contributed by atoms with E-state index in [2.05, 4.69) is 32.7 Å². The molecule has 1 amide bonds. The average Bonchev–Trinajstić information content (AvgIpc) is 3.30. The van der Waals surface area contributed by atoms with Crippen molar-refractivity contribution >= 4 is 55.6 Å². The fraction of sp³-hybridized carbons (Fsp3) is 0.192. The van der Waals surface area contributed by atoms with E-state index >= 15 is 0 Å². The summed E-state index contributed by atoms with van der Waals surface area (Å²) in [6.07, 6.45) is 0. The summed E-state index contributed by atoms with van der Waals surface area (Å²) in [5.41, 5.74) is 3.61. The monoisotopic (exact) mass is 504 g/mol. The molecule has 0 unspecified atom stereocenters. The van der Waals surface area contributed by atoms with Crippen molar-refractivity contribution in [1.82, 2.24) is 10.3 Å². The van der Waals surface area contributed by atoms with Crippen molar-refractivity contribution in [1.29, 1.82) is 0 Å². The van der Waals surface area contributed by atoms with Crippen LogP contribution in [0.2, 0.25) is 0 Å². The number of ether oxygens (including phenoxy) is 2. The van der Waals surface area contributed by atoms with Gasteiger partial charge < -0.3 is 19.7 Å². The van der Waals surface area contributed by atoms with E-state index in [9.17, 15) is 4.79 Å². The summed E-state index contributed by atoms with van der Waals surface area (Å²) in [6.45, 7) is 3.71. The van der Waals surface area contributed by atoms with Crippen LogP contribution in [0.1, 0.15) is 15.9 Å². The number of thiocarbonyl (C=S) groups is 1. The van der Waals surface area contributed by atoms with E-state index < -0.39 is 0 Å². The van der Waals surface area contributed by atoms with Crippen LogP contribution in [0.3, 0.4) is 0 Å². The summed E-state index contributed by atoms with van der Waals surface area (Å²) >= 11 is 6.84. The van der Waals surface area contributed by atoms with Crippen LogP contribution in [0, 0.1) is 0 Å². The Bertz CT molecular complexity index is 1320. The Balaban J connectivity index is 1.16. The molecular formula is C26H24N4O3S2. The van der Waals surface area contributed by atoms with E-state index in [0.29, 0.717) is 23.1 Å². The molecule has 1 saturated heterocycles. The van der Waals surface area contributed by atoms with Crippen LogP contribution < -0.4 is 20.3 Å². The Hall–Kier alpha value is -3.53. The van der Waals surface area contributed by atoms with Gasteiger partial charge in [0.05, 0.1) is 23.4 Å². The predicted molar refractivity (Wildman–Crippen MR) is 144 cm³/mol. The van der Waals surface area contributed by atoms with Crippen molar-refractivity contribution in [2.24, 2.45) is 0 Å². The summed E-state index contributed by atoms with van der Waals surface area (Å²) < 4.78 is 12.3. The summed E-state index contributed by atoms with van der Waals surface area (Å²) in [7, 11) is 0. The van der Waals surface area contributed by atoms with Gasteiger partial charge in [-0.05, 0) is 60.2 Å². The fourth-order valence-electron chi connectivity index (χ4n) is 3.73. The number of nitrogens with zero attached hydrogens (tertiary/aromatic N) is 2. The van der Waals surface area contributed by atoms with Crippen molar-refractivity contribution in [3.05, 3.63) is 83.9 Å². The maximum absolute atomic E-state index is 12.6. The smallest absolute Gasteiger partial charge is 0.257 e. The van der Waals surface area contributed by atoms with Gasteiger partial charge in [-0.3, -0.25) is 10.1 Å². The first kappa shape index (κ1) is 23.2. The Morgan fingerprint density at radius 3 is 2.60 bits per heavy atom. The van der Waals surface area contributed by atoms with E-state index in [1.807, 2.05) is 36.4 Å². The lowest BCUT2D eigenvalue weighted by Gasteiger charge is -2.28. The van der Waals surface area contributed by atoms with Crippen molar-refractivity contribution in [3.63, 3.8) is 0 Å². The molecule has 1 fully saturated rings. The molecule has 0 spiro atoms. The highest BCUT2D eigenvalue weighted by Crippen LogP contribution is 2.30. The third-order valence-electron chi connectivity index (χ3n) is 5.56. The topological polar surface area (TPSA) is 75.7 Å². The lowest BCUT2D eigenvalue weighted by molar-refractivity contribution is 0.0977. The van der Waals surface area contributed by atoms with E-state index in [1.54, 1.807) is 24.3 Å². The zero-order chi connectivity index (χ0) is 24.0. The van der Waals surface area contributed by atoms with Crippen LogP contribution in [0.25, 0.3) is 10.2 Å². The lowest BCUT2D eigenvalue weighted by Crippen LogP contribution is -2.36. The van der Waals surface area contributed by atoms with Crippen LogP contribution in [0.4, 0.5) is 10.8 Å². The Morgan fingerprint density at radius 1 is 1.06 bits per heavy atom. The third-order valence-corrected chi connectivity index (χ3v) is 6.70. The normalized spacial score (nSPS) is 13.4. The minimum Gasteiger partial charge on any atom is -0.489 e. The van der Waals surface area contributed by atoms with E-state index in [-0.39, 0.29) is 11.0 Å². The quantitative estimate of drug-likeness (QED) is 0.364. The number of morpholine rings is 1. The highest BCUT2D eigenvalue weighted by molar-refractivity contribution is 7.80. The van der Waals surface area contributed by atoms with E-state index in [0.717, 1.165) is 47.8 Å². The molecule has 178 valence electrons. The summed E-state index contributed by atoms with van der Waals surface area (Å²) in [5, 5.41) is 6.58. The molecule has 3 aromatic carbocycles. The molecule has 9 heteroatoms.